The SMILES string of the molecule is CCCN(C(=O)CN(C)C(=O)C(C)n1cccn1)C1CCNC1. The van der Waals surface area contributed by atoms with Crippen molar-refractivity contribution in [3.05, 3.63) is 18.5 Å². The van der Waals surface area contributed by atoms with Crippen LogP contribution in [0.1, 0.15) is 32.7 Å². The second kappa shape index (κ2) is 8.10. The maximum Gasteiger partial charge on any atom is 0.247 e. The van der Waals surface area contributed by atoms with E-state index in [1.54, 1.807) is 37.1 Å². The number of hydrogen-bond acceptors (Lipinski definition) is 4. The van der Waals surface area contributed by atoms with E-state index in [4.69, 9.17) is 0 Å². The molecule has 2 atom stereocenters. The predicted octanol–water partition coefficient (Wildman–Crippen LogP) is 0.503. The monoisotopic (exact) mass is 321 g/mol. The fraction of sp³-hybridized carbons (Fsp3) is 0.688. The molecule has 0 spiro atoms. The van der Waals surface area contributed by atoms with Crippen LogP contribution in [0, 0.1) is 0 Å². The fourth-order valence-corrected chi connectivity index (χ4v) is 2.97. The van der Waals surface area contributed by atoms with E-state index in [2.05, 4.69) is 17.3 Å². The van der Waals surface area contributed by atoms with Gasteiger partial charge in [0.15, 0.2) is 0 Å². The molecule has 128 valence electrons. The first kappa shape index (κ1) is 17.5. The molecule has 1 saturated heterocycles. The molecule has 0 radical (unpaired) electrons. The van der Waals surface area contributed by atoms with Crippen LogP contribution in [0.15, 0.2) is 18.5 Å². The number of carbonyl (C=O) groups is 2. The second-order valence-corrected chi connectivity index (χ2v) is 6.09. The molecule has 0 aliphatic carbocycles. The zero-order chi connectivity index (χ0) is 16.8. The average Bonchev–Trinajstić information content (AvgIpc) is 3.23. The topological polar surface area (TPSA) is 70.5 Å². The zero-order valence-corrected chi connectivity index (χ0v) is 14.2. The van der Waals surface area contributed by atoms with Gasteiger partial charge in [-0.2, -0.15) is 5.10 Å². The third kappa shape index (κ3) is 4.31. The van der Waals surface area contributed by atoms with Crippen molar-refractivity contribution in [2.45, 2.75) is 38.8 Å². The summed E-state index contributed by atoms with van der Waals surface area (Å²) < 4.78 is 1.61. The van der Waals surface area contributed by atoms with Crippen LogP contribution >= 0.6 is 0 Å². The Morgan fingerprint density at radius 2 is 2.26 bits per heavy atom. The number of hydrogen-bond donors (Lipinski definition) is 1. The average molecular weight is 321 g/mol. The molecule has 2 unspecified atom stereocenters. The summed E-state index contributed by atoms with van der Waals surface area (Å²) in [4.78, 5) is 28.5. The molecule has 1 aliphatic heterocycles. The second-order valence-electron chi connectivity index (χ2n) is 6.09. The third-order valence-electron chi connectivity index (χ3n) is 4.29. The molecule has 1 aromatic heterocycles. The summed E-state index contributed by atoms with van der Waals surface area (Å²) in [5.41, 5.74) is 0. The van der Waals surface area contributed by atoms with Crippen LogP contribution in [0.3, 0.4) is 0 Å². The van der Waals surface area contributed by atoms with E-state index in [-0.39, 0.29) is 24.4 Å². The minimum absolute atomic E-state index is 0.0177. The van der Waals surface area contributed by atoms with Crippen molar-refractivity contribution in [3.8, 4) is 0 Å². The van der Waals surface area contributed by atoms with Crippen LogP contribution in [-0.2, 0) is 9.59 Å². The zero-order valence-electron chi connectivity index (χ0n) is 14.2. The van der Waals surface area contributed by atoms with Gasteiger partial charge in [-0.25, -0.2) is 0 Å². The normalized spacial score (nSPS) is 18.7. The molecule has 7 nitrogen and oxygen atoms in total. The predicted molar refractivity (Wildman–Crippen MR) is 87.9 cm³/mol. The summed E-state index contributed by atoms with van der Waals surface area (Å²) in [5.74, 6) is -0.0906. The van der Waals surface area contributed by atoms with Crippen molar-refractivity contribution < 1.29 is 9.59 Å². The van der Waals surface area contributed by atoms with Gasteiger partial charge in [-0.3, -0.25) is 14.3 Å². The summed E-state index contributed by atoms with van der Waals surface area (Å²) >= 11 is 0. The maximum atomic E-state index is 12.6. The van der Waals surface area contributed by atoms with Gasteiger partial charge in [-0.1, -0.05) is 6.92 Å². The molecule has 2 amide bonds. The van der Waals surface area contributed by atoms with Crippen molar-refractivity contribution >= 4 is 11.8 Å². The van der Waals surface area contributed by atoms with E-state index in [1.807, 2.05) is 4.90 Å². The van der Waals surface area contributed by atoms with E-state index in [0.717, 1.165) is 32.5 Å². The first-order valence-corrected chi connectivity index (χ1v) is 8.28. The highest BCUT2D eigenvalue weighted by Crippen LogP contribution is 2.12. The van der Waals surface area contributed by atoms with Gasteiger partial charge in [-0.05, 0) is 32.4 Å². The van der Waals surface area contributed by atoms with Gasteiger partial charge in [0.1, 0.15) is 6.04 Å². The van der Waals surface area contributed by atoms with Crippen LogP contribution in [0.25, 0.3) is 0 Å². The van der Waals surface area contributed by atoms with Crippen molar-refractivity contribution in [1.29, 1.82) is 0 Å². The molecule has 1 N–H and O–H groups in total. The number of carbonyl (C=O) groups excluding carboxylic acids is 2. The molecular formula is C16H27N5O2. The van der Waals surface area contributed by atoms with Crippen LogP contribution in [0.2, 0.25) is 0 Å². The highest BCUT2D eigenvalue weighted by atomic mass is 16.2. The Bertz CT molecular complexity index is 511. The number of likely N-dealkylation sites (N-methyl/N-ethyl adjacent to an activating group) is 1. The fourth-order valence-electron chi connectivity index (χ4n) is 2.97. The standard InChI is InChI=1S/C16H27N5O2/c1-4-9-20(14-6-8-17-11-14)15(22)12-19(3)16(23)13(2)21-10-5-7-18-21/h5,7,10,13-14,17H,4,6,8-9,11-12H2,1-3H3. The minimum Gasteiger partial charge on any atom is -0.337 e. The summed E-state index contributed by atoms with van der Waals surface area (Å²) in [6, 6.07) is 1.62. The van der Waals surface area contributed by atoms with Gasteiger partial charge in [0.2, 0.25) is 11.8 Å². The van der Waals surface area contributed by atoms with Crippen molar-refractivity contribution in [2.24, 2.45) is 0 Å². The molecule has 0 bridgehead atoms. The molecule has 0 aromatic carbocycles. The van der Waals surface area contributed by atoms with E-state index in [0.29, 0.717) is 0 Å². The Morgan fingerprint density at radius 3 is 2.83 bits per heavy atom. The van der Waals surface area contributed by atoms with Gasteiger partial charge in [-0.15, -0.1) is 0 Å². The minimum atomic E-state index is -0.407. The summed E-state index contributed by atoms with van der Waals surface area (Å²) in [6.07, 6.45) is 5.30. The molecule has 23 heavy (non-hydrogen) atoms. The highest BCUT2D eigenvalue weighted by molar-refractivity contribution is 5.86. The first-order chi connectivity index (χ1) is 11.0. The molecular weight excluding hydrogens is 294 g/mol. The Kier molecular flexibility index (Phi) is 6.15. The quantitative estimate of drug-likeness (QED) is 0.794. The van der Waals surface area contributed by atoms with E-state index in [9.17, 15) is 9.59 Å². The van der Waals surface area contributed by atoms with Crippen molar-refractivity contribution in [1.82, 2.24) is 24.9 Å². The van der Waals surface area contributed by atoms with Crippen LogP contribution in [-0.4, -0.2) is 70.7 Å². The first-order valence-electron chi connectivity index (χ1n) is 8.28. The number of rotatable bonds is 7. The Morgan fingerprint density at radius 1 is 1.48 bits per heavy atom. The Labute approximate surface area is 137 Å². The van der Waals surface area contributed by atoms with Gasteiger partial charge in [0.25, 0.3) is 0 Å². The number of nitrogens with zero attached hydrogens (tertiary/aromatic N) is 4. The lowest BCUT2D eigenvalue weighted by Crippen LogP contribution is -2.48. The van der Waals surface area contributed by atoms with E-state index >= 15 is 0 Å². The molecule has 1 fully saturated rings. The smallest absolute Gasteiger partial charge is 0.247 e. The van der Waals surface area contributed by atoms with Gasteiger partial charge in [0.05, 0.1) is 6.54 Å². The summed E-state index contributed by atoms with van der Waals surface area (Å²) in [7, 11) is 1.68. The lowest BCUT2D eigenvalue weighted by atomic mass is 10.2. The van der Waals surface area contributed by atoms with Gasteiger partial charge in [0, 0.05) is 38.6 Å². The third-order valence-corrected chi connectivity index (χ3v) is 4.29. The van der Waals surface area contributed by atoms with Crippen LogP contribution in [0.5, 0.6) is 0 Å². The molecule has 1 aliphatic rings. The van der Waals surface area contributed by atoms with Crippen molar-refractivity contribution in [3.63, 3.8) is 0 Å². The van der Waals surface area contributed by atoms with Gasteiger partial charge >= 0.3 is 0 Å². The Balaban J connectivity index is 1.95. The Hall–Kier alpha value is -1.89. The van der Waals surface area contributed by atoms with Gasteiger partial charge < -0.3 is 15.1 Å². The van der Waals surface area contributed by atoms with Crippen LogP contribution in [0.4, 0.5) is 0 Å². The summed E-state index contributed by atoms with van der Waals surface area (Å²) in [5, 5.41) is 7.38. The number of aromatic nitrogens is 2. The summed E-state index contributed by atoms with van der Waals surface area (Å²) in [6.45, 7) is 6.50. The van der Waals surface area contributed by atoms with Crippen molar-refractivity contribution in [2.75, 3.05) is 33.2 Å². The van der Waals surface area contributed by atoms with E-state index in [1.165, 1.54) is 4.90 Å². The molecule has 7 heteroatoms. The lowest BCUT2D eigenvalue weighted by Gasteiger charge is -2.30. The number of amides is 2. The molecule has 0 saturated carbocycles. The van der Waals surface area contributed by atoms with E-state index < -0.39 is 6.04 Å². The van der Waals surface area contributed by atoms with Crippen LogP contribution < -0.4 is 5.32 Å². The number of nitrogens with one attached hydrogen (secondary N) is 1. The maximum absolute atomic E-state index is 12.6. The molecule has 2 heterocycles. The highest BCUT2D eigenvalue weighted by Gasteiger charge is 2.28. The molecule has 1 aromatic rings. The molecule has 2 rings (SSSR count). The largest absolute Gasteiger partial charge is 0.337 e. The lowest BCUT2D eigenvalue weighted by molar-refractivity contribution is -0.142.